The van der Waals surface area contributed by atoms with Gasteiger partial charge >= 0.3 is 0 Å². The molecule has 0 aliphatic heterocycles. The van der Waals surface area contributed by atoms with Crippen LogP contribution in [0.1, 0.15) is 11.1 Å². The quantitative estimate of drug-likeness (QED) is 0.885. The molecule has 0 saturated carbocycles. The Morgan fingerprint density at radius 2 is 2.00 bits per heavy atom. The van der Waals surface area contributed by atoms with Crippen LogP contribution in [0, 0.1) is 12.7 Å². The third kappa shape index (κ3) is 2.79. The number of aryl methyl sites for hydroxylation is 1. The zero-order chi connectivity index (χ0) is 12.3. The van der Waals surface area contributed by atoms with Gasteiger partial charge in [0.25, 0.3) is 0 Å². The van der Waals surface area contributed by atoms with Crippen LogP contribution in [0.5, 0.6) is 11.6 Å². The average molecular weight is 232 g/mol. The van der Waals surface area contributed by atoms with Crippen molar-refractivity contribution in [2.45, 2.75) is 13.5 Å². The van der Waals surface area contributed by atoms with Crippen molar-refractivity contribution in [3.8, 4) is 11.6 Å². The number of nitrogens with two attached hydrogens (primary N) is 1. The molecule has 1 aromatic carbocycles. The first-order valence-corrected chi connectivity index (χ1v) is 5.28. The molecule has 88 valence electrons. The summed E-state index contributed by atoms with van der Waals surface area (Å²) in [4.78, 5) is 3.89. The predicted molar refractivity (Wildman–Crippen MR) is 63.3 cm³/mol. The van der Waals surface area contributed by atoms with Crippen LogP contribution in [0.3, 0.4) is 0 Å². The molecule has 1 heterocycles. The average Bonchev–Trinajstić information content (AvgIpc) is 2.34. The lowest BCUT2D eigenvalue weighted by Crippen LogP contribution is -2.02. The summed E-state index contributed by atoms with van der Waals surface area (Å²) in [5.41, 5.74) is 7.20. The maximum absolute atomic E-state index is 13.0. The van der Waals surface area contributed by atoms with Gasteiger partial charge in [0.2, 0.25) is 5.88 Å². The fraction of sp³-hybridized carbons (Fsp3) is 0.154. The van der Waals surface area contributed by atoms with Crippen LogP contribution in [0.15, 0.2) is 36.5 Å². The monoisotopic (exact) mass is 232 g/mol. The van der Waals surface area contributed by atoms with E-state index in [4.69, 9.17) is 10.5 Å². The third-order valence-electron chi connectivity index (χ3n) is 2.35. The van der Waals surface area contributed by atoms with Gasteiger partial charge in [0.05, 0.1) is 6.20 Å². The number of benzene rings is 1. The molecule has 0 aliphatic carbocycles. The van der Waals surface area contributed by atoms with Crippen LogP contribution in [-0.4, -0.2) is 4.98 Å². The van der Waals surface area contributed by atoms with Gasteiger partial charge in [0, 0.05) is 12.1 Å². The van der Waals surface area contributed by atoms with Crippen molar-refractivity contribution in [3.63, 3.8) is 0 Å². The lowest BCUT2D eigenvalue weighted by molar-refractivity contribution is 0.452. The van der Waals surface area contributed by atoms with Crippen LogP contribution in [-0.2, 0) is 6.54 Å². The summed E-state index contributed by atoms with van der Waals surface area (Å²) in [5.74, 6) is 0.587. The predicted octanol–water partition coefficient (Wildman–Crippen LogP) is 2.78. The van der Waals surface area contributed by atoms with Gasteiger partial charge in [-0.15, -0.1) is 0 Å². The van der Waals surface area contributed by atoms with Crippen molar-refractivity contribution in [3.05, 3.63) is 53.5 Å². The Balaban J connectivity index is 2.26. The Labute approximate surface area is 99.1 Å². The summed E-state index contributed by atoms with van der Waals surface area (Å²) in [5, 5.41) is 0. The fourth-order valence-electron chi connectivity index (χ4n) is 1.42. The van der Waals surface area contributed by atoms with Crippen molar-refractivity contribution in [2.24, 2.45) is 5.73 Å². The first kappa shape index (κ1) is 11.5. The minimum atomic E-state index is -0.415. The van der Waals surface area contributed by atoms with Crippen molar-refractivity contribution >= 4 is 0 Å². The number of halogens is 1. The van der Waals surface area contributed by atoms with Gasteiger partial charge in [-0.3, -0.25) is 0 Å². The summed E-state index contributed by atoms with van der Waals surface area (Å²) in [6.45, 7) is 2.18. The van der Waals surface area contributed by atoms with Gasteiger partial charge in [0.15, 0.2) is 0 Å². The first-order chi connectivity index (χ1) is 8.19. The van der Waals surface area contributed by atoms with Crippen molar-refractivity contribution < 1.29 is 9.13 Å². The Bertz CT molecular complexity index is 511. The van der Waals surface area contributed by atoms with Crippen LogP contribution >= 0.6 is 0 Å². The highest BCUT2D eigenvalue weighted by molar-refractivity contribution is 5.33. The number of hydrogen-bond donors (Lipinski definition) is 1. The van der Waals surface area contributed by atoms with E-state index in [9.17, 15) is 4.39 Å². The highest BCUT2D eigenvalue weighted by Gasteiger charge is 2.06. The molecule has 17 heavy (non-hydrogen) atoms. The largest absolute Gasteiger partial charge is 0.439 e. The smallest absolute Gasteiger partial charge is 0.223 e. The third-order valence-corrected chi connectivity index (χ3v) is 2.35. The second-order valence-electron chi connectivity index (χ2n) is 3.74. The van der Waals surface area contributed by atoms with Crippen LogP contribution < -0.4 is 10.5 Å². The molecule has 0 spiro atoms. The van der Waals surface area contributed by atoms with Gasteiger partial charge in [0.1, 0.15) is 11.6 Å². The van der Waals surface area contributed by atoms with Gasteiger partial charge in [-0.05, 0) is 25.1 Å². The molecular weight excluding hydrogens is 219 g/mol. The molecule has 0 aliphatic rings. The summed E-state index contributed by atoms with van der Waals surface area (Å²) in [6.07, 6.45) is 1.11. The Hall–Kier alpha value is -1.94. The van der Waals surface area contributed by atoms with E-state index in [1.807, 2.05) is 31.2 Å². The minimum absolute atomic E-state index is 0.186. The lowest BCUT2D eigenvalue weighted by atomic mass is 10.2. The van der Waals surface area contributed by atoms with E-state index in [0.717, 1.165) is 11.8 Å². The van der Waals surface area contributed by atoms with E-state index < -0.39 is 5.82 Å². The molecule has 0 atom stereocenters. The number of hydrogen-bond acceptors (Lipinski definition) is 3. The minimum Gasteiger partial charge on any atom is -0.439 e. The van der Waals surface area contributed by atoms with E-state index in [1.54, 1.807) is 0 Å². The molecule has 0 fully saturated rings. The highest BCUT2D eigenvalue weighted by Crippen LogP contribution is 2.23. The molecule has 0 bridgehead atoms. The summed E-state index contributed by atoms with van der Waals surface area (Å²) < 4.78 is 18.5. The highest BCUT2D eigenvalue weighted by atomic mass is 19.1. The van der Waals surface area contributed by atoms with E-state index >= 15 is 0 Å². The standard InChI is InChI=1S/C13H13FN2O/c1-9-2-4-12(5-3-9)17-13-10(7-15)6-11(14)8-16-13/h2-6,8H,7,15H2,1H3. The normalized spacial score (nSPS) is 10.3. The zero-order valence-electron chi connectivity index (χ0n) is 9.48. The maximum Gasteiger partial charge on any atom is 0.223 e. The van der Waals surface area contributed by atoms with E-state index in [-0.39, 0.29) is 6.54 Å². The fourth-order valence-corrected chi connectivity index (χ4v) is 1.42. The van der Waals surface area contributed by atoms with Gasteiger partial charge in [-0.2, -0.15) is 0 Å². The number of ether oxygens (including phenoxy) is 1. The molecule has 3 nitrogen and oxygen atoms in total. The number of rotatable bonds is 3. The molecule has 0 amide bonds. The van der Waals surface area contributed by atoms with E-state index in [1.165, 1.54) is 6.07 Å². The van der Waals surface area contributed by atoms with Crippen molar-refractivity contribution in [1.29, 1.82) is 0 Å². The summed E-state index contributed by atoms with van der Waals surface area (Å²) in [6, 6.07) is 8.86. The topological polar surface area (TPSA) is 48.1 Å². The molecule has 2 N–H and O–H groups in total. The van der Waals surface area contributed by atoms with E-state index in [0.29, 0.717) is 17.2 Å². The maximum atomic E-state index is 13.0. The lowest BCUT2D eigenvalue weighted by Gasteiger charge is -2.08. The van der Waals surface area contributed by atoms with Gasteiger partial charge in [-0.25, -0.2) is 9.37 Å². The first-order valence-electron chi connectivity index (χ1n) is 5.28. The molecule has 4 heteroatoms. The molecule has 2 rings (SSSR count). The Morgan fingerprint density at radius 1 is 1.29 bits per heavy atom. The van der Waals surface area contributed by atoms with Gasteiger partial charge < -0.3 is 10.5 Å². The molecule has 0 radical (unpaired) electrons. The van der Waals surface area contributed by atoms with Crippen molar-refractivity contribution in [1.82, 2.24) is 4.98 Å². The molecule has 0 unspecified atom stereocenters. The zero-order valence-corrected chi connectivity index (χ0v) is 9.48. The van der Waals surface area contributed by atoms with Crippen LogP contribution in [0.2, 0.25) is 0 Å². The van der Waals surface area contributed by atoms with Crippen LogP contribution in [0.4, 0.5) is 4.39 Å². The summed E-state index contributed by atoms with van der Waals surface area (Å²) in [7, 11) is 0. The number of nitrogens with zero attached hydrogens (tertiary/aromatic N) is 1. The number of aromatic nitrogens is 1. The van der Waals surface area contributed by atoms with Crippen LogP contribution in [0.25, 0.3) is 0 Å². The van der Waals surface area contributed by atoms with Crippen molar-refractivity contribution in [2.75, 3.05) is 0 Å². The Kier molecular flexibility index (Phi) is 3.35. The van der Waals surface area contributed by atoms with E-state index in [2.05, 4.69) is 4.98 Å². The SMILES string of the molecule is Cc1ccc(Oc2ncc(F)cc2CN)cc1. The van der Waals surface area contributed by atoms with Gasteiger partial charge in [-0.1, -0.05) is 17.7 Å². The second kappa shape index (κ2) is 4.93. The molecular formula is C13H13FN2O. The summed E-state index contributed by atoms with van der Waals surface area (Å²) >= 11 is 0. The Morgan fingerprint density at radius 3 is 2.65 bits per heavy atom. The second-order valence-corrected chi connectivity index (χ2v) is 3.74. The number of pyridine rings is 1. The molecule has 0 saturated heterocycles. The molecule has 2 aromatic rings. The molecule has 1 aromatic heterocycles.